The summed E-state index contributed by atoms with van der Waals surface area (Å²) in [4.78, 5) is 0. The lowest BCUT2D eigenvalue weighted by Crippen LogP contribution is -2.12. The molecule has 0 aromatic heterocycles. The Morgan fingerprint density at radius 1 is 0.806 bits per heavy atom. The zero-order valence-electron chi connectivity index (χ0n) is 19.6. The van der Waals surface area contributed by atoms with E-state index in [9.17, 15) is 4.39 Å². The third-order valence-electron chi connectivity index (χ3n) is 6.77. The van der Waals surface area contributed by atoms with E-state index >= 15 is 0 Å². The Kier molecular flexibility index (Phi) is 9.67. The molecular weight excluding hydrogens is 379 g/mol. The summed E-state index contributed by atoms with van der Waals surface area (Å²) < 4.78 is 14.2. The minimum Gasteiger partial charge on any atom is -0.207 e. The number of benzene rings is 2. The second-order valence-electron chi connectivity index (χ2n) is 9.28. The molecular formula is C30H39F. The van der Waals surface area contributed by atoms with Crippen LogP contribution in [0.1, 0.15) is 106 Å². The molecule has 1 aliphatic carbocycles. The van der Waals surface area contributed by atoms with Gasteiger partial charge in [-0.05, 0) is 86.1 Å². The highest BCUT2D eigenvalue weighted by atomic mass is 19.1. The third kappa shape index (κ3) is 7.53. The molecule has 0 saturated heterocycles. The fourth-order valence-corrected chi connectivity index (χ4v) is 4.66. The van der Waals surface area contributed by atoms with Gasteiger partial charge >= 0.3 is 0 Å². The molecule has 1 heteroatoms. The van der Waals surface area contributed by atoms with E-state index in [-0.39, 0.29) is 5.82 Å². The Morgan fingerprint density at radius 2 is 1.55 bits per heavy atom. The molecule has 0 bridgehead atoms. The van der Waals surface area contributed by atoms with Crippen LogP contribution in [0.25, 0.3) is 0 Å². The first kappa shape index (κ1) is 23.6. The molecule has 0 N–H and O–H groups in total. The molecule has 0 radical (unpaired) electrons. The van der Waals surface area contributed by atoms with Crippen LogP contribution in [0.15, 0.2) is 42.5 Å². The highest BCUT2D eigenvalue weighted by Gasteiger charge is 2.21. The van der Waals surface area contributed by atoms with Crippen molar-refractivity contribution in [2.75, 3.05) is 0 Å². The van der Waals surface area contributed by atoms with Gasteiger partial charge in [0.2, 0.25) is 0 Å². The summed E-state index contributed by atoms with van der Waals surface area (Å²) in [5, 5.41) is 0. The van der Waals surface area contributed by atoms with Crippen LogP contribution >= 0.6 is 0 Å². The Labute approximate surface area is 189 Å². The van der Waals surface area contributed by atoms with E-state index in [0.717, 1.165) is 43.2 Å². The van der Waals surface area contributed by atoms with E-state index in [0.29, 0.717) is 11.8 Å². The van der Waals surface area contributed by atoms with Gasteiger partial charge in [0.05, 0.1) is 0 Å². The first-order valence-corrected chi connectivity index (χ1v) is 12.6. The number of hydrogen-bond acceptors (Lipinski definition) is 0. The molecule has 0 unspecified atom stereocenters. The smallest absolute Gasteiger partial charge is 0.127 e. The molecule has 1 aliphatic rings. The molecule has 0 nitrogen and oxygen atoms in total. The summed E-state index contributed by atoms with van der Waals surface area (Å²) in [6.07, 6.45) is 14.2. The van der Waals surface area contributed by atoms with E-state index in [1.807, 2.05) is 12.1 Å². The Hall–Kier alpha value is -2.07. The van der Waals surface area contributed by atoms with E-state index in [1.54, 1.807) is 6.07 Å². The zero-order valence-corrected chi connectivity index (χ0v) is 19.6. The molecule has 1 fully saturated rings. The van der Waals surface area contributed by atoms with Crippen LogP contribution in [0.5, 0.6) is 0 Å². The van der Waals surface area contributed by atoms with Gasteiger partial charge in [0.1, 0.15) is 5.82 Å². The topological polar surface area (TPSA) is 0 Å². The van der Waals surface area contributed by atoms with Crippen molar-refractivity contribution < 1.29 is 4.39 Å². The maximum absolute atomic E-state index is 14.2. The zero-order chi connectivity index (χ0) is 21.9. The van der Waals surface area contributed by atoms with Crippen molar-refractivity contribution in [3.8, 4) is 11.8 Å². The van der Waals surface area contributed by atoms with Gasteiger partial charge in [-0.3, -0.25) is 0 Å². The van der Waals surface area contributed by atoms with Gasteiger partial charge in [0.25, 0.3) is 0 Å². The van der Waals surface area contributed by atoms with Gasteiger partial charge < -0.3 is 0 Å². The number of halogens is 1. The SMILES string of the molecule is CCCCCCc1ccc([C@H]2CC[C@H](C#Cc3ccc(CCCC)c(F)c3)CC2)cc1. The van der Waals surface area contributed by atoms with Gasteiger partial charge in [0.15, 0.2) is 0 Å². The molecule has 0 amide bonds. The summed E-state index contributed by atoms with van der Waals surface area (Å²) in [5.41, 5.74) is 4.61. The lowest BCUT2D eigenvalue weighted by molar-refractivity contribution is 0.384. The predicted octanol–water partition coefficient (Wildman–Crippen LogP) is 8.62. The maximum atomic E-state index is 14.2. The fraction of sp³-hybridized carbons (Fsp3) is 0.533. The number of hydrogen-bond donors (Lipinski definition) is 0. The molecule has 2 aromatic carbocycles. The number of unbranched alkanes of at least 4 members (excludes halogenated alkanes) is 4. The second-order valence-corrected chi connectivity index (χ2v) is 9.28. The molecule has 0 heterocycles. The first-order chi connectivity index (χ1) is 15.2. The second kappa shape index (κ2) is 12.7. The summed E-state index contributed by atoms with van der Waals surface area (Å²) in [6, 6.07) is 14.9. The Balaban J connectivity index is 1.47. The van der Waals surface area contributed by atoms with Crippen molar-refractivity contribution in [3.05, 3.63) is 70.5 Å². The third-order valence-corrected chi connectivity index (χ3v) is 6.77. The van der Waals surface area contributed by atoms with E-state index in [1.165, 1.54) is 56.1 Å². The fourth-order valence-electron chi connectivity index (χ4n) is 4.66. The normalized spacial score (nSPS) is 18.4. The summed E-state index contributed by atoms with van der Waals surface area (Å²) in [7, 11) is 0. The minimum atomic E-state index is -0.0993. The molecule has 0 atom stereocenters. The van der Waals surface area contributed by atoms with Crippen LogP contribution in [0.2, 0.25) is 0 Å². The van der Waals surface area contributed by atoms with Crippen LogP contribution in [0.3, 0.4) is 0 Å². The van der Waals surface area contributed by atoms with E-state index < -0.39 is 0 Å². The summed E-state index contributed by atoms with van der Waals surface area (Å²) >= 11 is 0. The van der Waals surface area contributed by atoms with Crippen molar-refractivity contribution in [1.82, 2.24) is 0 Å². The van der Waals surface area contributed by atoms with Crippen molar-refractivity contribution >= 4 is 0 Å². The lowest BCUT2D eigenvalue weighted by Gasteiger charge is -2.26. The van der Waals surface area contributed by atoms with Crippen LogP contribution in [0.4, 0.5) is 4.39 Å². The monoisotopic (exact) mass is 418 g/mol. The molecule has 3 rings (SSSR count). The highest BCUT2D eigenvalue weighted by molar-refractivity contribution is 5.37. The largest absolute Gasteiger partial charge is 0.207 e. The highest BCUT2D eigenvalue weighted by Crippen LogP contribution is 2.35. The van der Waals surface area contributed by atoms with Gasteiger partial charge in [-0.15, -0.1) is 0 Å². The summed E-state index contributed by atoms with van der Waals surface area (Å²) in [5.74, 6) is 7.68. The van der Waals surface area contributed by atoms with Crippen molar-refractivity contribution in [2.24, 2.45) is 5.92 Å². The molecule has 2 aromatic rings. The quantitative estimate of drug-likeness (QED) is 0.282. The van der Waals surface area contributed by atoms with Crippen molar-refractivity contribution in [3.63, 3.8) is 0 Å². The Bertz CT molecular complexity index is 844. The Morgan fingerprint density at radius 3 is 2.23 bits per heavy atom. The van der Waals surface area contributed by atoms with Gasteiger partial charge in [-0.1, -0.05) is 81.7 Å². The van der Waals surface area contributed by atoms with Crippen LogP contribution < -0.4 is 0 Å². The van der Waals surface area contributed by atoms with Crippen LogP contribution in [-0.4, -0.2) is 0 Å². The first-order valence-electron chi connectivity index (χ1n) is 12.6. The standard InChI is InChI=1S/C30H39F/c1-3-5-7-8-9-24-13-18-27(19-14-24)28-20-15-25(16-21-28)11-12-26-17-22-29(10-6-4-2)30(31)23-26/h13-14,17-19,22-23,25,28H,3-10,15-16,20-21H2,1-2H3/t25-,28-. The molecule has 0 spiro atoms. The summed E-state index contributed by atoms with van der Waals surface area (Å²) in [6.45, 7) is 4.40. The number of rotatable bonds is 9. The molecule has 166 valence electrons. The molecule has 1 saturated carbocycles. The average Bonchev–Trinajstić information content (AvgIpc) is 2.81. The average molecular weight is 419 g/mol. The van der Waals surface area contributed by atoms with Crippen LogP contribution in [0, 0.1) is 23.6 Å². The van der Waals surface area contributed by atoms with E-state index in [2.05, 4.69) is 50.0 Å². The van der Waals surface area contributed by atoms with Gasteiger partial charge in [0, 0.05) is 11.5 Å². The minimum absolute atomic E-state index is 0.0993. The molecule has 31 heavy (non-hydrogen) atoms. The predicted molar refractivity (Wildman–Crippen MR) is 131 cm³/mol. The van der Waals surface area contributed by atoms with Crippen molar-refractivity contribution in [2.45, 2.75) is 96.8 Å². The lowest BCUT2D eigenvalue weighted by atomic mass is 9.78. The molecule has 0 aliphatic heterocycles. The number of aryl methyl sites for hydroxylation is 2. The van der Waals surface area contributed by atoms with E-state index in [4.69, 9.17) is 0 Å². The maximum Gasteiger partial charge on any atom is 0.127 e. The van der Waals surface area contributed by atoms with Crippen LogP contribution in [-0.2, 0) is 12.8 Å². The van der Waals surface area contributed by atoms with Gasteiger partial charge in [-0.25, -0.2) is 4.39 Å². The van der Waals surface area contributed by atoms with Crippen molar-refractivity contribution in [1.29, 1.82) is 0 Å². The van der Waals surface area contributed by atoms with Gasteiger partial charge in [-0.2, -0.15) is 0 Å².